The second-order valence-corrected chi connectivity index (χ2v) is 7.84. The molecule has 6 nitrogen and oxygen atoms in total. The van der Waals surface area contributed by atoms with Gasteiger partial charge >= 0.3 is 0 Å². The van der Waals surface area contributed by atoms with Gasteiger partial charge in [0.05, 0.1) is 25.0 Å². The number of ether oxygens (including phenoxy) is 2. The number of methoxy groups -OCH3 is 1. The molecule has 0 fully saturated rings. The summed E-state index contributed by atoms with van der Waals surface area (Å²) >= 11 is 6.18. The van der Waals surface area contributed by atoms with Crippen LogP contribution in [0.3, 0.4) is 0 Å². The summed E-state index contributed by atoms with van der Waals surface area (Å²) in [5.41, 5.74) is 2.87. The molecule has 3 aromatic rings. The lowest BCUT2D eigenvalue weighted by Gasteiger charge is -2.16. The zero-order valence-electron chi connectivity index (χ0n) is 18.5. The average molecular weight is 463 g/mol. The predicted octanol–water partition coefficient (Wildman–Crippen LogP) is 5.45. The predicted molar refractivity (Wildman–Crippen MR) is 130 cm³/mol. The fraction of sp³-hybridized carbons (Fsp3) is 0.154. The molecule has 0 aliphatic carbocycles. The molecule has 1 aliphatic heterocycles. The quantitative estimate of drug-likeness (QED) is 0.473. The number of carbonyl (C=O) groups is 2. The van der Waals surface area contributed by atoms with E-state index in [1.807, 2.05) is 26.0 Å². The first-order valence-corrected chi connectivity index (χ1v) is 10.8. The van der Waals surface area contributed by atoms with Crippen molar-refractivity contribution in [2.45, 2.75) is 13.8 Å². The summed E-state index contributed by atoms with van der Waals surface area (Å²) in [6.45, 7) is 4.31. The number of amides is 2. The van der Waals surface area contributed by atoms with Crippen LogP contribution in [0.1, 0.15) is 18.1 Å². The van der Waals surface area contributed by atoms with Crippen LogP contribution in [0, 0.1) is 6.92 Å². The second-order valence-electron chi connectivity index (χ2n) is 7.41. The number of carbonyl (C=O) groups excluding carboxylic acids is 2. The summed E-state index contributed by atoms with van der Waals surface area (Å²) in [5, 5.41) is 3.68. The van der Waals surface area contributed by atoms with Gasteiger partial charge in [0.15, 0.2) is 0 Å². The van der Waals surface area contributed by atoms with Gasteiger partial charge in [-0.3, -0.25) is 9.59 Å². The van der Waals surface area contributed by atoms with E-state index in [-0.39, 0.29) is 11.3 Å². The fourth-order valence-electron chi connectivity index (χ4n) is 3.70. The maximum atomic E-state index is 13.6. The molecule has 33 heavy (non-hydrogen) atoms. The second kappa shape index (κ2) is 9.38. The molecule has 2 amide bonds. The third-order valence-corrected chi connectivity index (χ3v) is 5.56. The molecule has 1 aliphatic rings. The first-order chi connectivity index (χ1) is 15.9. The van der Waals surface area contributed by atoms with E-state index in [9.17, 15) is 9.59 Å². The number of hydrogen-bond donors (Lipinski definition) is 1. The average Bonchev–Trinajstić information content (AvgIpc) is 3.06. The molecule has 1 N–H and O–H groups in total. The van der Waals surface area contributed by atoms with Crippen LogP contribution in [0.2, 0.25) is 5.02 Å². The lowest BCUT2D eigenvalue weighted by molar-refractivity contribution is -0.120. The van der Waals surface area contributed by atoms with E-state index in [1.165, 1.54) is 7.11 Å². The zero-order chi connectivity index (χ0) is 23.5. The van der Waals surface area contributed by atoms with Crippen LogP contribution in [0.15, 0.2) is 72.4 Å². The van der Waals surface area contributed by atoms with E-state index in [1.54, 1.807) is 54.6 Å². The molecule has 0 radical (unpaired) electrons. The van der Waals surface area contributed by atoms with Gasteiger partial charge in [0.25, 0.3) is 11.8 Å². The van der Waals surface area contributed by atoms with E-state index >= 15 is 0 Å². The highest BCUT2D eigenvalue weighted by molar-refractivity contribution is 6.46. The fourth-order valence-corrected chi connectivity index (χ4v) is 3.87. The highest BCUT2D eigenvalue weighted by Gasteiger charge is 2.41. The molecule has 0 spiro atoms. The highest BCUT2D eigenvalue weighted by Crippen LogP contribution is 2.38. The third-order valence-electron chi connectivity index (χ3n) is 5.33. The zero-order valence-corrected chi connectivity index (χ0v) is 19.3. The Kier molecular flexibility index (Phi) is 6.38. The lowest BCUT2D eigenvalue weighted by Crippen LogP contribution is -2.32. The standard InChI is InChI=1S/C26H23ClN2O4/c1-4-33-19-13-11-18(12-14-19)29-25(30)23(20-7-5-6-8-22(20)32-3)24(26(29)31)28-21-15-17(27)10-9-16(21)2/h5-15,28H,4H2,1-3H3. The SMILES string of the molecule is CCOc1ccc(N2C(=O)C(Nc3cc(Cl)ccc3C)=C(c3ccccc3OC)C2=O)cc1. The van der Waals surface area contributed by atoms with Crippen LogP contribution < -0.4 is 19.7 Å². The Morgan fingerprint density at radius 3 is 2.39 bits per heavy atom. The molecule has 0 saturated heterocycles. The Labute approximate surface area is 197 Å². The van der Waals surface area contributed by atoms with E-state index in [0.717, 1.165) is 10.5 Å². The Morgan fingerprint density at radius 2 is 1.70 bits per heavy atom. The Hall–Kier alpha value is -3.77. The van der Waals surface area contributed by atoms with Crippen molar-refractivity contribution < 1.29 is 19.1 Å². The van der Waals surface area contributed by atoms with Gasteiger partial charge < -0.3 is 14.8 Å². The van der Waals surface area contributed by atoms with Crippen molar-refractivity contribution in [2.75, 3.05) is 23.9 Å². The van der Waals surface area contributed by atoms with Gasteiger partial charge in [-0.05, 0) is 61.9 Å². The minimum absolute atomic E-state index is 0.156. The summed E-state index contributed by atoms with van der Waals surface area (Å²) in [4.78, 5) is 28.4. The molecule has 0 bridgehead atoms. The summed E-state index contributed by atoms with van der Waals surface area (Å²) in [7, 11) is 1.53. The lowest BCUT2D eigenvalue weighted by atomic mass is 10.0. The van der Waals surface area contributed by atoms with Crippen molar-refractivity contribution in [1.82, 2.24) is 0 Å². The number of halogens is 1. The van der Waals surface area contributed by atoms with Gasteiger partial charge in [-0.1, -0.05) is 35.9 Å². The van der Waals surface area contributed by atoms with Crippen LogP contribution >= 0.6 is 11.6 Å². The Bertz CT molecular complexity index is 1250. The van der Waals surface area contributed by atoms with Crippen LogP contribution in [0.5, 0.6) is 11.5 Å². The van der Waals surface area contributed by atoms with Crippen molar-refractivity contribution >= 4 is 40.4 Å². The molecule has 0 atom stereocenters. The highest BCUT2D eigenvalue weighted by atomic mass is 35.5. The maximum absolute atomic E-state index is 13.6. The first-order valence-electron chi connectivity index (χ1n) is 10.5. The van der Waals surface area contributed by atoms with E-state index in [0.29, 0.717) is 40.1 Å². The molecular weight excluding hydrogens is 440 g/mol. The van der Waals surface area contributed by atoms with Gasteiger partial charge in [-0.25, -0.2) is 4.90 Å². The number of para-hydroxylation sites is 1. The minimum Gasteiger partial charge on any atom is -0.496 e. The van der Waals surface area contributed by atoms with Crippen molar-refractivity contribution in [3.63, 3.8) is 0 Å². The molecular formula is C26H23ClN2O4. The number of rotatable bonds is 7. The molecule has 0 saturated carbocycles. The van der Waals surface area contributed by atoms with Crippen molar-refractivity contribution in [2.24, 2.45) is 0 Å². The molecule has 7 heteroatoms. The van der Waals surface area contributed by atoms with Crippen LogP contribution in [0.25, 0.3) is 5.57 Å². The van der Waals surface area contributed by atoms with Crippen molar-refractivity contribution in [3.05, 3.63) is 88.6 Å². The van der Waals surface area contributed by atoms with Crippen LogP contribution in [-0.4, -0.2) is 25.5 Å². The number of nitrogens with zero attached hydrogens (tertiary/aromatic N) is 1. The van der Waals surface area contributed by atoms with Crippen LogP contribution in [-0.2, 0) is 9.59 Å². The number of aryl methyl sites for hydroxylation is 1. The number of hydrogen-bond acceptors (Lipinski definition) is 5. The number of benzene rings is 3. The third kappa shape index (κ3) is 4.30. The summed E-state index contributed by atoms with van der Waals surface area (Å²) in [6.07, 6.45) is 0. The van der Waals surface area contributed by atoms with E-state index in [2.05, 4.69) is 5.32 Å². The number of anilines is 2. The largest absolute Gasteiger partial charge is 0.496 e. The van der Waals surface area contributed by atoms with Crippen LogP contribution in [0.4, 0.5) is 11.4 Å². The van der Waals surface area contributed by atoms with Gasteiger partial charge in [-0.15, -0.1) is 0 Å². The van der Waals surface area contributed by atoms with Gasteiger partial charge in [0, 0.05) is 16.3 Å². The van der Waals surface area contributed by atoms with Gasteiger partial charge in [0.1, 0.15) is 17.2 Å². The topological polar surface area (TPSA) is 67.9 Å². The Balaban J connectivity index is 1.83. The monoisotopic (exact) mass is 462 g/mol. The van der Waals surface area contributed by atoms with Crippen molar-refractivity contribution in [1.29, 1.82) is 0 Å². The summed E-state index contributed by atoms with van der Waals surface area (Å²) < 4.78 is 11.0. The smallest absolute Gasteiger partial charge is 0.282 e. The molecule has 168 valence electrons. The van der Waals surface area contributed by atoms with Gasteiger partial charge in [-0.2, -0.15) is 0 Å². The number of imide groups is 1. The molecule has 0 unspecified atom stereocenters. The Morgan fingerprint density at radius 1 is 0.970 bits per heavy atom. The first kappa shape index (κ1) is 22.4. The maximum Gasteiger partial charge on any atom is 0.282 e. The van der Waals surface area contributed by atoms with E-state index in [4.69, 9.17) is 21.1 Å². The van der Waals surface area contributed by atoms with Gasteiger partial charge in [0.2, 0.25) is 0 Å². The number of nitrogens with one attached hydrogen (secondary N) is 1. The van der Waals surface area contributed by atoms with Crippen molar-refractivity contribution in [3.8, 4) is 11.5 Å². The van der Waals surface area contributed by atoms with E-state index < -0.39 is 11.8 Å². The molecule has 4 rings (SSSR count). The molecule has 0 aromatic heterocycles. The summed E-state index contributed by atoms with van der Waals surface area (Å²) in [6, 6.07) is 19.3. The molecule has 3 aromatic carbocycles. The summed E-state index contributed by atoms with van der Waals surface area (Å²) in [5.74, 6) is 0.232. The normalized spacial score (nSPS) is 13.5. The minimum atomic E-state index is -0.468. The molecule has 1 heterocycles.